The number of nitrogens with one attached hydrogen (secondary N) is 2. The molecule has 158 valence electrons. The SMILES string of the molecule is Cc1cnc(NC2CCOCC2)nc1-n1cnc(C(=O)NCc2sccc2CN)c1. The van der Waals surface area contributed by atoms with E-state index < -0.39 is 0 Å². The molecule has 3 aromatic heterocycles. The third kappa shape index (κ3) is 4.66. The molecular formula is C20H25N7O2S. The van der Waals surface area contributed by atoms with Gasteiger partial charge in [0.15, 0.2) is 0 Å². The van der Waals surface area contributed by atoms with Gasteiger partial charge in [0.25, 0.3) is 5.91 Å². The van der Waals surface area contributed by atoms with Crippen LogP contribution in [0.15, 0.2) is 30.2 Å². The Kier molecular flexibility index (Phi) is 6.36. The quantitative estimate of drug-likeness (QED) is 0.527. The molecule has 1 saturated heterocycles. The van der Waals surface area contributed by atoms with Crippen LogP contribution < -0.4 is 16.4 Å². The van der Waals surface area contributed by atoms with Gasteiger partial charge in [-0.1, -0.05) is 0 Å². The van der Waals surface area contributed by atoms with E-state index in [4.69, 9.17) is 10.5 Å². The van der Waals surface area contributed by atoms with E-state index in [0.29, 0.717) is 36.6 Å². The van der Waals surface area contributed by atoms with E-state index in [1.807, 2.05) is 18.4 Å². The summed E-state index contributed by atoms with van der Waals surface area (Å²) in [5.41, 5.74) is 7.99. The van der Waals surface area contributed by atoms with Crippen LogP contribution >= 0.6 is 11.3 Å². The summed E-state index contributed by atoms with van der Waals surface area (Å²) in [4.78, 5) is 26.9. The number of nitrogens with two attached hydrogens (primary N) is 1. The highest BCUT2D eigenvalue weighted by molar-refractivity contribution is 7.10. The van der Waals surface area contributed by atoms with E-state index in [1.54, 1.807) is 34.6 Å². The molecule has 4 rings (SSSR count). The normalized spacial score (nSPS) is 14.6. The predicted octanol–water partition coefficient (Wildman–Crippen LogP) is 2.01. The lowest BCUT2D eigenvalue weighted by Gasteiger charge is -2.23. The van der Waals surface area contributed by atoms with Crippen molar-refractivity contribution >= 4 is 23.2 Å². The van der Waals surface area contributed by atoms with Gasteiger partial charge in [0.1, 0.15) is 17.8 Å². The minimum Gasteiger partial charge on any atom is -0.381 e. The number of amides is 1. The monoisotopic (exact) mass is 427 g/mol. The Morgan fingerprint density at radius 1 is 1.37 bits per heavy atom. The Balaban J connectivity index is 1.44. The second-order valence-corrected chi connectivity index (χ2v) is 8.15. The summed E-state index contributed by atoms with van der Waals surface area (Å²) in [6, 6.07) is 2.28. The first kappa shape index (κ1) is 20.5. The molecule has 1 aliphatic heterocycles. The molecule has 1 fully saturated rings. The molecule has 1 aliphatic rings. The first-order chi connectivity index (χ1) is 14.6. The summed E-state index contributed by atoms with van der Waals surface area (Å²) < 4.78 is 7.14. The van der Waals surface area contributed by atoms with Crippen molar-refractivity contribution in [3.63, 3.8) is 0 Å². The molecule has 0 atom stereocenters. The molecule has 30 heavy (non-hydrogen) atoms. The summed E-state index contributed by atoms with van der Waals surface area (Å²) in [6.07, 6.45) is 6.91. The van der Waals surface area contributed by atoms with Crippen molar-refractivity contribution in [3.8, 4) is 5.82 Å². The highest BCUT2D eigenvalue weighted by Crippen LogP contribution is 2.18. The van der Waals surface area contributed by atoms with Crippen molar-refractivity contribution in [1.82, 2.24) is 24.8 Å². The molecule has 0 bridgehead atoms. The maximum absolute atomic E-state index is 12.5. The van der Waals surface area contributed by atoms with Crippen LogP contribution in [0.5, 0.6) is 0 Å². The second-order valence-electron chi connectivity index (χ2n) is 7.15. The molecule has 9 nitrogen and oxygen atoms in total. The van der Waals surface area contributed by atoms with Gasteiger partial charge in [0.05, 0.1) is 6.54 Å². The van der Waals surface area contributed by atoms with E-state index in [-0.39, 0.29) is 5.91 Å². The number of thiophene rings is 1. The number of rotatable bonds is 7. The van der Waals surface area contributed by atoms with Gasteiger partial charge in [0, 0.05) is 48.6 Å². The predicted molar refractivity (Wildman–Crippen MR) is 115 cm³/mol. The van der Waals surface area contributed by atoms with Crippen molar-refractivity contribution in [3.05, 3.63) is 51.9 Å². The topological polar surface area (TPSA) is 120 Å². The molecule has 4 heterocycles. The van der Waals surface area contributed by atoms with E-state index in [1.165, 1.54) is 0 Å². The molecule has 0 aliphatic carbocycles. The molecule has 1 amide bonds. The zero-order valence-corrected chi connectivity index (χ0v) is 17.6. The minimum absolute atomic E-state index is 0.239. The molecule has 0 radical (unpaired) electrons. The van der Waals surface area contributed by atoms with Crippen LogP contribution in [0.2, 0.25) is 0 Å². The Morgan fingerprint density at radius 3 is 3.00 bits per heavy atom. The van der Waals surface area contributed by atoms with E-state index in [9.17, 15) is 4.79 Å². The number of hydrogen-bond acceptors (Lipinski definition) is 8. The number of imidazole rings is 1. The van der Waals surface area contributed by atoms with Crippen LogP contribution in [-0.4, -0.2) is 44.7 Å². The largest absolute Gasteiger partial charge is 0.381 e. The first-order valence-electron chi connectivity index (χ1n) is 9.90. The Morgan fingerprint density at radius 2 is 2.20 bits per heavy atom. The number of carbonyl (C=O) groups excluding carboxylic acids is 1. The summed E-state index contributed by atoms with van der Waals surface area (Å²) in [7, 11) is 0. The Bertz CT molecular complexity index is 1010. The zero-order valence-electron chi connectivity index (χ0n) is 16.8. The first-order valence-corrected chi connectivity index (χ1v) is 10.8. The van der Waals surface area contributed by atoms with Gasteiger partial charge < -0.3 is 21.1 Å². The number of carbonyl (C=O) groups is 1. The summed E-state index contributed by atoms with van der Waals surface area (Å²) >= 11 is 1.58. The van der Waals surface area contributed by atoms with Crippen molar-refractivity contribution in [1.29, 1.82) is 0 Å². The minimum atomic E-state index is -0.239. The van der Waals surface area contributed by atoms with Crippen LogP contribution in [0.1, 0.15) is 39.3 Å². The Labute approximate surface area is 178 Å². The molecule has 0 saturated carbocycles. The molecular weight excluding hydrogens is 402 g/mol. The lowest BCUT2D eigenvalue weighted by molar-refractivity contribution is 0.0903. The number of aryl methyl sites for hydroxylation is 1. The number of nitrogens with zero attached hydrogens (tertiary/aromatic N) is 4. The second kappa shape index (κ2) is 9.33. The fraction of sp³-hybridized carbons (Fsp3) is 0.400. The van der Waals surface area contributed by atoms with Gasteiger partial charge in [-0.3, -0.25) is 9.36 Å². The maximum atomic E-state index is 12.5. The van der Waals surface area contributed by atoms with Crippen molar-refractivity contribution < 1.29 is 9.53 Å². The number of anilines is 1. The average molecular weight is 428 g/mol. The fourth-order valence-corrected chi connectivity index (χ4v) is 4.15. The van der Waals surface area contributed by atoms with Crippen LogP contribution in [0, 0.1) is 6.92 Å². The zero-order chi connectivity index (χ0) is 20.9. The van der Waals surface area contributed by atoms with Gasteiger partial charge >= 0.3 is 0 Å². The summed E-state index contributed by atoms with van der Waals surface area (Å²) in [5, 5.41) is 8.25. The standard InChI is InChI=1S/C20H25N7O2S/c1-13-9-23-20(25-15-2-5-29-6-3-15)26-18(13)27-11-16(24-12-27)19(28)22-10-17-14(8-21)4-7-30-17/h4,7,9,11-12,15H,2-3,5-6,8,10,21H2,1H3,(H,22,28)(H,23,25,26). The smallest absolute Gasteiger partial charge is 0.271 e. The third-order valence-electron chi connectivity index (χ3n) is 5.03. The molecule has 3 aromatic rings. The van der Waals surface area contributed by atoms with Crippen molar-refractivity contribution in [2.45, 2.75) is 38.9 Å². The molecule has 0 unspecified atom stereocenters. The summed E-state index contributed by atoms with van der Waals surface area (Å²) in [6.45, 7) is 4.31. The van der Waals surface area contributed by atoms with E-state index in [0.717, 1.165) is 42.1 Å². The van der Waals surface area contributed by atoms with Crippen molar-refractivity contribution in [2.24, 2.45) is 5.73 Å². The third-order valence-corrected chi connectivity index (χ3v) is 5.99. The van der Waals surface area contributed by atoms with Gasteiger partial charge in [-0.25, -0.2) is 9.97 Å². The van der Waals surface area contributed by atoms with Crippen LogP contribution in [0.25, 0.3) is 5.82 Å². The number of aromatic nitrogens is 4. The van der Waals surface area contributed by atoms with Gasteiger partial charge in [-0.2, -0.15) is 4.98 Å². The molecule has 4 N–H and O–H groups in total. The van der Waals surface area contributed by atoms with E-state index in [2.05, 4.69) is 25.6 Å². The highest BCUT2D eigenvalue weighted by Gasteiger charge is 2.17. The molecule has 0 spiro atoms. The van der Waals surface area contributed by atoms with Crippen LogP contribution in [0.3, 0.4) is 0 Å². The van der Waals surface area contributed by atoms with Gasteiger partial charge in [-0.05, 0) is 36.8 Å². The van der Waals surface area contributed by atoms with Crippen LogP contribution in [0.4, 0.5) is 5.95 Å². The Hall–Kier alpha value is -2.82. The number of ether oxygens (including phenoxy) is 1. The fourth-order valence-electron chi connectivity index (χ4n) is 3.30. The summed E-state index contributed by atoms with van der Waals surface area (Å²) in [5.74, 6) is 1.02. The number of hydrogen-bond donors (Lipinski definition) is 3. The lowest BCUT2D eigenvalue weighted by atomic mass is 10.1. The van der Waals surface area contributed by atoms with Gasteiger partial charge in [-0.15, -0.1) is 11.3 Å². The highest BCUT2D eigenvalue weighted by atomic mass is 32.1. The van der Waals surface area contributed by atoms with Gasteiger partial charge in [0.2, 0.25) is 5.95 Å². The van der Waals surface area contributed by atoms with Crippen molar-refractivity contribution in [2.75, 3.05) is 18.5 Å². The molecule has 10 heteroatoms. The average Bonchev–Trinajstić information content (AvgIpc) is 3.43. The molecule has 0 aromatic carbocycles. The van der Waals surface area contributed by atoms with Crippen LogP contribution in [-0.2, 0) is 17.8 Å². The van der Waals surface area contributed by atoms with E-state index >= 15 is 0 Å². The maximum Gasteiger partial charge on any atom is 0.271 e. The lowest BCUT2D eigenvalue weighted by Crippen LogP contribution is -2.28.